The predicted molar refractivity (Wildman–Crippen MR) is 67.2 cm³/mol. The maximum Gasteiger partial charge on any atom is 0.250 e. The largest absolute Gasteiger partial charge is 1.00 e. The topological polar surface area (TPSA) is 28.5 Å². The number of rotatable bonds is 3. The Kier molecular flexibility index (Phi) is 12.2. The number of hydrogen-bond donors (Lipinski definition) is 1. The number of nitrogens with one attached hydrogen (secondary N) is 1. The van der Waals surface area contributed by atoms with E-state index in [2.05, 4.69) is 39.8 Å². The van der Waals surface area contributed by atoms with E-state index in [1.54, 1.807) is 0 Å². The third-order valence-electron chi connectivity index (χ3n) is 2.71. The molecule has 2 rings (SSSR count). The van der Waals surface area contributed by atoms with E-state index >= 15 is 0 Å². The highest BCUT2D eigenvalue weighted by Gasteiger charge is 1.96. The van der Waals surface area contributed by atoms with Crippen molar-refractivity contribution in [3.63, 3.8) is 0 Å². The first-order valence-electron chi connectivity index (χ1n) is 6.14. The Morgan fingerprint density at radius 2 is 1.89 bits per heavy atom. The van der Waals surface area contributed by atoms with Crippen molar-refractivity contribution in [3.8, 4) is 0 Å². The summed E-state index contributed by atoms with van der Waals surface area (Å²) in [7, 11) is 4.05. The summed E-state index contributed by atoms with van der Waals surface area (Å²) in [5, 5.41) is 0. The molecule has 4 nitrogen and oxygen atoms in total. The van der Waals surface area contributed by atoms with Crippen LogP contribution in [0.5, 0.6) is 0 Å². The molecule has 2 aromatic rings. The molecule has 0 saturated heterocycles. The molecular formula is C13H24Br2N4. The van der Waals surface area contributed by atoms with Crippen molar-refractivity contribution in [2.45, 2.75) is 33.2 Å². The zero-order valence-corrected chi connectivity index (χ0v) is 15.3. The lowest BCUT2D eigenvalue weighted by Gasteiger charge is -1.90. The van der Waals surface area contributed by atoms with Crippen LogP contribution in [-0.4, -0.2) is 9.55 Å². The number of aryl methyl sites for hydroxylation is 4. The highest BCUT2D eigenvalue weighted by Crippen LogP contribution is 1.91. The summed E-state index contributed by atoms with van der Waals surface area (Å²) in [5.74, 6) is 1.18. The van der Waals surface area contributed by atoms with Gasteiger partial charge in [-0.2, -0.15) is 0 Å². The summed E-state index contributed by atoms with van der Waals surface area (Å²) in [4.78, 5) is 3.03. The van der Waals surface area contributed by atoms with E-state index in [1.165, 1.54) is 18.7 Å². The van der Waals surface area contributed by atoms with Crippen molar-refractivity contribution in [1.82, 2.24) is 9.55 Å². The fourth-order valence-corrected chi connectivity index (χ4v) is 1.46. The fourth-order valence-electron chi connectivity index (χ4n) is 1.46. The van der Waals surface area contributed by atoms with E-state index in [4.69, 9.17) is 0 Å². The molecule has 6 heteroatoms. The maximum absolute atomic E-state index is 3.03. The molecule has 0 fully saturated rings. The van der Waals surface area contributed by atoms with E-state index in [9.17, 15) is 0 Å². The van der Waals surface area contributed by atoms with Crippen LogP contribution in [0.4, 0.5) is 0 Å². The minimum absolute atomic E-state index is 0. The number of imidazole rings is 2. The molecule has 0 atom stereocenters. The van der Waals surface area contributed by atoms with Crippen molar-refractivity contribution in [2.24, 2.45) is 14.1 Å². The quantitative estimate of drug-likeness (QED) is 0.506. The van der Waals surface area contributed by atoms with Crippen LogP contribution >= 0.6 is 0 Å². The minimum atomic E-state index is 0. The molecule has 19 heavy (non-hydrogen) atoms. The van der Waals surface area contributed by atoms with E-state index in [1.807, 2.05) is 38.0 Å². The standard InChI is InChI=1S/C8H15N2.C5H8N2.2BrH/c1-3-4-5-10-7-6-9(2)8-10;1-5-6-3-4-7(5)2;;/h6-8H,3-5H2,1-2H3;3-4H,1-2H3;2*1H/q+1;;;/p-1. The van der Waals surface area contributed by atoms with Crippen LogP contribution in [0, 0.1) is 6.92 Å². The van der Waals surface area contributed by atoms with Gasteiger partial charge in [-0.15, -0.1) is 0 Å². The Morgan fingerprint density at radius 3 is 2.21 bits per heavy atom. The lowest BCUT2D eigenvalue weighted by Crippen LogP contribution is -3.00. The van der Waals surface area contributed by atoms with Crippen LogP contribution in [0.1, 0.15) is 25.6 Å². The highest BCUT2D eigenvalue weighted by molar-refractivity contribution is 4.69. The van der Waals surface area contributed by atoms with E-state index in [0.717, 1.165) is 6.54 Å². The predicted octanol–water partition coefficient (Wildman–Crippen LogP) is -4.73. The molecule has 1 N–H and O–H groups in total. The molecular weight excluding hydrogens is 372 g/mol. The molecule has 0 unspecified atom stereocenters. The van der Waals surface area contributed by atoms with Gasteiger partial charge < -0.3 is 34.0 Å². The van der Waals surface area contributed by atoms with Gasteiger partial charge >= 0.3 is 0 Å². The number of aromatic nitrogens is 4. The molecule has 110 valence electrons. The third-order valence-corrected chi connectivity index (χ3v) is 2.71. The summed E-state index contributed by atoms with van der Waals surface area (Å²) in [6.45, 7) is 5.39. The van der Waals surface area contributed by atoms with E-state index in [0.29, 0.717) is 0 Å². The first-order chi connectivity index (χ1) is 8.13. The van der Waals surface area contributed by atoms with Crippen molar-refractivity contribution >= 4 is 0 Å². The number of H-pyrrole nitrogens is 1. The molecule has 0 spiro atoms. The van der Waals surface area contributed by atoms with Gasteiger partial charge in [0.15, 0.2) is 0 Å². The second kappa shape index (κ2) is 11.2. The number of nitrogens with zero attached hydrogens (tertiary/aromatic N) is 3. The van der Waals surface area contributed by atoms with Crippen LogP contribution in [0.25, 0.3) is 0 Å². The summed E-state index contributed by atoms with van der Waals surface area (Å²) in [6, 6.07) is 0. The van der Waals surface area contributed by atoms with Crippen LogP contribution in [-0.2, 0) is 20.6 Å². The maximum atomic E-state index is 3.03. The number of hydrogen-bond acceptors (Lipinski definition) is 0. The van der Waals surface area contributed by atoms with Crippen molar-refractivity contribution in [1.29, 1.82) is 0 Å². The molecule has 2 aromatic heterocycles. The Hall–Kier alpha value is -0.620. The van der Waals surface area contributed by atoms with Gasteiger partial charge in [-0.25, -0.2) is 18.7 Å². The molecule has 0 bridgehead atoms. The van der Waals surface area contributed by atoms with Gasteiger partial charge in [-0.1, -0.05) is 13.3 Å². The average molecular weight is 396 g/mol. The molecule has 0 saturated carbocycles. The zero-order chi connectivity index (χ0) is 12.7. The molecule has 0 aliphatic heterocycles. The SMILES string of the molecule is CCCCn1cc[n+](C)c1.Cc1[nH]cc[n+]1C.[Br-].[Br-]. The molecule has 0 amide bonds. The number of halogens is 2. The number of unbranched alkanes of at least 4 members (excludes halogenated alkanes) is 1. The van der Waals surface area contributed by atoms with Gasteiger partial charge in [-0.3, -0.25) is 0 Å². The van der Waals surface area contributed by atoms with Crippen LogP contribution in [0.15, 0.2) is 31.1 Å². The van der Waals surface area contributed by atoms with Gasteiger partial charge in [-0.05, 0) is 6.42 Å². The van der Waals surface area contributed by atoms with E-state index in [-0.39, 0.29) is 34.0 Å². The lowest BCUT2D eigenvalue weighted by atomic mass is 10.3. The molecule has 2 heterocycles. The lowest BCUT2D eigenvalue weighted by molar-refractivity contribution is -0.676. The smallest absolute Gasteiger partial charge is 0.250 e. The molecule has 0 aliphatic carbocycles. The monoisotopic (exact) mass is 394 g/mol. The van der Waals surface area contributed by atoms with Gasteiger partial charge in [0.05, 0.1) is 20.6 Å². The second-order valence-corrected chi connectivity index (χ2v) is 4.33. The fraction of sp³-hybridized carbons (Fsp3) is 0.538. The first kappa shape index (κ1) is 20.7. The summed E-state index contributed by atoms with van der Waals surface area (Å²) in [5.41, 5.74) is 0. The van der Waals surface area contributed by atoms with Crippen molar-refractivity contribution in [2.75, 3.05) is 0 Å². The van der Waals surface area contributed by atoms with Crippen LogP contribution < -0.4 is 43.1 Å². The van der Waals surface area contributed by atoms with Gasteiger partial charge in [0.25, 0.3) is 5.82 Å². The molecule has 0 aliphatic rings. The Bertz CT molecular complexity index is 421. The first-order valence-corrected chi connectivity index (χ1v) is 6.14. The van der Waals surface area contributed by atoms with Gasteiger partial charge in [0, 0.05) is 6.92 Å². The summed E-state index contributed by atoms with van der Waals surface area (Å²) < 4.78 is 6.30. The van der Waals surface area contributed by atoms with Crippen LogP contribution in [0.2, 0.25) is 0 Å². The summed E-state index contributed by atoms with van der Waals surface area (Å²) >= 11 is 0. The Morgan fingerprint density at radius 1 is 1.21 bits per heavy atom. The Labute approximate surface area is 137 Å². The van der Waals surface area contributed by atoms with Gasteiger partial charge in [0.2, 0.25) is 6.33 Å². The van der Waals surface area contributed by atoms with Crippen molar-refractivity contribution < 1.29 is 43.1 Å². The minimum Gasteiger partial charge on any atom is -1.00 e. The van der Waals surface area contributed by atoms with Crippen molar-refractivity contribution in [3.05, 3.63) is 36.9 Å². The van der Waals surface area contributed by atoms with E-state index < -0.39 is 0 Å². The molecule has 0 radical (unpaired) electrons. The molecule has 0 aromatic carbocycles. The Balaban J connectivity index is 0. The zero-order valence-electron chi connectivity index (χ0n) is 12.1. The summed E-state index contributed by atoms with van der Waals surface area (Å²) in [6.07, 6.45) is 12.7. The third kappa shape index (κ3) is 8.21. The number of aromatic amines is 1. The second-order valence-electron chi connectivity index (χ2n) is 4.33. The van der Waals surface area contributed by atoms with Gasteiger partial charge in [0.1, 0.15) is 24.8 Å². The van der Waals surface area contributed by atoms with Crippen LogP contribution in [0.3, 0.4) is 0 Å². The normalized spacial score (nSPS) is 8.84. The average Bonchev–Trinajstić information content (AvgIpc) is 2.87. The highest BCUT2D eigenvalue weighted by atomic mass is 79.9.